The van der Waals surface area contributed by atoms with Crippen molar-refractivity contribution in [2.45, 2.75) is 31.7 Å². The van der Waals surface area contributed by atoms with E-state index < -0.39 is 10.8 Å². The maximum atomic E-state index is 12.7. The van der Waals surface area contributed by atoms with Crippen molar-refractivity contribution in [3.63, 3.8) is 0 Å². The van der Waals surface area contributed by atoms with Crippen LogP contribution >= 0.6 is 0 Å². The molecule has 8 heteroatoms. The third-order valence-electron chi connectivity index (χ3n) is 5.00. The van der Waals surface area contributed by atoms with Crippen LogP contribution in [0.2, 0.25) is 0 Å². The van der Waals surface area contributed by atoms with E-state index in [1.165, 1.54) is 0 Å². The second kappa shape index (κ2) is 8.39. The first kappa shape index (κ1) is 20.3. The summed E-state index contributed by atoms with van der Waals surface area (Å²) in [6, 6.07) is 11.6. The summed E-state index contributed by atoms with van der Waals surface area (Å²) in [5, 5.41) is 9.69. The fraction of sp³-hybridized carbons (Fsp3) is 0.318. The maximum absolute atomic E-state index is 12.7. The molecular formula is C22H25N5O2S. The summed E-state index contributed by atoms with van der Waals surface area (Å²) in [5.41, 5.74) is 5.19. The van der Waals surface area contributed by atoms with E-state index in [2.05, 4.69) is 17.1 Å². The minimum Gasteiger partial charge on any atom is -0.497 e. The van der Waals surface area contributed by atoms with E-state index in [1.807, 2.05) is 56.6 Å². The van der Waals surface area contributed by atoms with Crippen molar-refractivity contribution in [2.24, 2.45) is 7.05 Å². The molecule has 1 atom stereocenters. The predicted molar refractivity (Wildman–Crippen MR) is 118 cm³/mol. The van der Waals surface area contributed by atoms with Gasteiger partial charge in [0.2, 0.25) is 0 Å². The molecule has 0 bridgehead atoms. The largest absolute Gasteiger partial charge is 0.497 e. The van der Waals surface area contributed by atoms with Crippen LogP contribution in [-0.4, -0.2) is 41.5 Å². The van der Waals surface area contributed by atoms with Crippen molar-refractivity contribution in [1.29, 1.82) is 0 Å². The lowest BCUT2D eigenvalue weighted by Gasteiger charge is -2.08. The molecule has 4 rings (SSSR count). The number of unbranched alkanes of at least 4 members (excludes halogenated alkanes) is 1. The van der Waals surface area contributed by atoms with Crippen LogP contribution in [0.4, 0.5) is 0 Å². The number of aryl methyl sites for hydroxylation is 2. The Kier molecular flexibility index (Phi) is 5.67. The fourth-order valence-electron chi connectivity index (χ4n) is 3.40. The van der Waals surface area contributed by atoms with Crippen molar-refractivity contribution in [3.05, 3.63) is 48.3 Å². The van der Waals surface area contributed by atoms with E-state index >= 15 is 0 Å². The molecule has 1 aromatic carbocycles. The van der Waals surface area contributed by atoms with E-state index in [1.54, 1.807) is 16.3 Å². The third-order valence-corrected chi connectivity index (χ3v) is 6.32. The molecule has 1 unspecified atom stereocenters. The van der Waals surface area contributed by atoms with E-state index in [0.717, 1.165) is 46.8 Å². The zero-order valence-corrected chi connectivity index (χ0v) is 18.4. The smallest absolute Gasteiger partial charge is 0.157 e. The number of nitrogens with zero attached hydrogens (tertiary/aromatic N) is 5. The van der Waals surface area contributed by atoms with Crippen LogP contribution in [0.3, 0.4) is 0 Å². The Morgan fingerprint density at radius 1 is 1.13 bits per heavy atom. The summed E-state index contributed by atoms with van der Waals surface area (Å²) in [4.78, 5) is 4.80. The Hall–Kier alpha value is -3.00. The van der Waals surface area contributed by atoms with Gasteiger partial charge in [-0.15, -0.1) is 0 Å². The number of hydrogen-bond acceptors (Lipinski definition) is 5. The van der Waals surface area contributed by atoms with Gasteiger partial charge in [0.1, 0.15) is 5.75 Å². The quantitative estimate of drug-likeness (QED) is 0.449. The highest BCUT2D eigenvalue weighted by Crippen LogP contribution is 2.29. The van der Waals surface area contributed by atoms with Gasteiger partial charge in [0, 0.05) is 36.2 Å². The molecule has 0 saturated heterocycles. The molecule has 0 saturated carbocycles. The Labute approximate surface area is 178 Å². The summed E-state index contributed by atoms with van der Waals surface area (Å²) in [5.74, 6) is 1.40. The number of rotatable bonds is 7. The van der Waals surface area contributed by atoms with Crippen molar-refractivity contribution in [1.82, 2.24) is 24.4 Å². The molecule has 0 aliphatic carbocycles. The third kappa shape index (κ3) is 3.87. The minimum absolute atomic E-state index is 0.561. The zero-order chi connectivity index (χ0) is 21.3. The number of ether oxygens (including phenoxy) is 1. The van der Waals surface area contributed by atoms with Gasteiger partial charge in [-0.2, -0.15) is 10.2 Å². The predicted octanol–water partition coefficient (Wildman–Crippen LogP) is 4.02. The molecule has 0 radical (unpaired) electrons. The van der Waals surface area contributed by atoms with Gasteiger partial charge in [0.05, 0.1) is 35.0 Å². The zero-order valence-electron chi connectivity index (χ0n) is 17.6. The first-order valence-electron chi connectivity index (χ1n) is 9.94. The highest BCUT2D eigenvalue weighted by molar-refractivity contribution is 7.84. The molecule has 156 valence electrons. The van der Waals surface area contributed by atoms with Crippen LogP contribution in [0.5, 0.6) is 5.75 Å². The molecule has 30 heavy (non-hydrogen) atoms. The number of methoxy groups -OCH3 is 1. The Morgan fingerprint density at radius 3 is 2.53 bits per heavy atom. The van der Waals surface area contributed by atoms with Gasteiger partial charge in [0.15, 0.2) is 10.7 Å². The maximum Gasteiger partial charge on any atom is 0.157 e. The number of aromatic nitrogens is 5. The van der Waals surface area contributed by atoms with Crippen LogP contribution in [0.15, 0.2) is 47.6 Å². The van der Waals surface area contributed by atoms with Crippen LogP contribution < -0.4 is 4.74 Å². The van der Waals surface area contributed by atoms with Crippen LogP contribution in [0, 0.1) is 6.92 Å². The lowest BCUT2D eigenvalue weighted by atomic mass is 10.1. The average Bonchev–Trinajstić information content (AvgIpc) is 3.33. The standard InChI is InChI=1S/C22H25N5O2S/c1-5-6-11-30(28)22-13-21-23-19(16-7-9-17(29-4)10-8-16)12-20(27(21)25-22)18-14-26(3)24-15(18)2/h7-10,12-14H,5-6,11H2,1-4H3. The molecular weight excluding hydrogens is 398 g/mol. The molecule has 0 N–H and O–H groups in total. The summed E-state index contributed by atoms with van der Waals surface area (Å²) in [6.07, 6.45) is 3.87. The highest BCUT2D eigenvalue weighted by Gasteiger charge is 2.18. The second-order valence-electron chi connectivity index (χ2n) is 7.21. The molecule has 3 aromatic heterocycles. The number of benzene rings is 1. The molecule has 3 heterocycles. The lowest BCUT2D eigenvalue weighted by Crippen LogP contribution is -2.01. The Balaban J connectivity index is 1.89. The highest BCUT2D eigenvalue weighted by atomic mass is 32.2. The summed E-state index contributed by atoms with van der Waals surface area (Å²) < 4.78 is 21.5. The van der Waals surface area contributed by atoms with Gasteiger partial charge in [-0.3, -0.25) is 8.89 Å². The molecule has 0 aliphatic rings. The summed E-state index contributed by atoms with van der Waals surface area (Å²) in [7, 11) is 2.40. The molecule has 0 fully saturated rings. The van der Waals surface area contributed by atoms with Crippen molar-refractivity contribution >= 4 is 16.4 Å². The van der Waals surface area contributed by atoms with E-state index in [9.17, 15) is 4.21 Å². The van der Waals surface area contributed by atoms with Crippen LogP contribution in [0.1, 0.15) is 25.5 Å². The van der Waals surface area contributed by atoms with Crippen molar-refractivity contribution in [2.75, 3.05) is 12.9 Å². The molecule has 7 nitrogen and oxygen atoms in total. The van der Waals surface area contributed by atoms with E-state index in [-0.39, 0.29) is 0 Å². The summed E-state index contributed by atoms with van der Waals surface area (Å²) >= 11 is 0. The Bertz CT molecular complexity index is 1210. The van der Waals surface area contributed by atoms with Gasteiger partial charge in [-0.1, -0.05) is 13.3 Å². The van der Waals surface area contributed by atoms with Gasteiger partial charge in [-0.05, 0) is 43.7 Å². The van der Waals surface area contributed by atoms with Gasteiger partial charge in [0.25, 0.3) is 0 Å². The Morgan fingerprint density at radius 2 is 1.90 bits per heavy atom. The fourth-order valence-corrected chi connectivity index (χ4v) is 4.57. The first-order chi connectivity index (χ1) is 14.5. The lowest BCUT2D eigenvalue weighted by molar-refractivity contribution is 0.415. The first-order valence-corrected chi connectivity index (χ1v) is 11.3. The van der Waals surface area contributed by atoms with Crippen molar-refractivity contribution < 1.29 is 8.95 Å². The molecule has 0 spiro atoms. The molecule has 4 aromatic rings. The van der Waals surface area contributed by atoms with Gasteiger partial charge in [-0.25, -0.2) is 9.50 Å². The van der Waals surface area contributed by atoms with Gasteiger partial charge >= 0.3 is 0 Å². The monoisotopic (exact) mass is 423 g/mol. The SMILES string of the molecule is CCCCS(=O)c1cc2nc(-c3ccc(OC)cc3)cc(-c3cn(C)nc3C)n2n1. The average molecular weight is 424 g/mol. The normalized spacial score (nSPS) is 12.4. The molecule has 0 aliphatic heterocycles. The molecule has 0 amide bonds. The van der Waals surface area contributed by atoms with Gasteiger partial charge < -0.3 is 4.74 Å². The van der Waals surface area contributed by atoms with E-state index in [4.69, 9.17) is 9.72 Å². The minimum atomic E-state index is -1.15. The van der Waals surface area contributed by atoms with Crippen LogP contribution in [0.25, 0.3) is 28.2 Å². The number of fused-ring (bicyclic) bond motifs is 1. The van der Waals surface area contributed by atoms with Crippen molar-refractivity contribution in [3.8, 4) is 28.3 Å². The van der Waals surface area contributed by atoms with Crippen LogP contribution in [-0.2, 0) is 17.8 Å². The number of hydrogen-bond donors (Lipinski definition) is 0. The second-order valence-corrected chi connectivity index (χ2v) is 8.73. The van der Waals surface area contributed by atoms with E-state index in [0.29, 0.717) is 16.4 Å². The summed E-state index contributed by atoms with van der Waals surface area (Å²) in [6.45, 7) is 4.06. The topological polar surface area (TPSA) is 74.3 Å².